The molecule has 2 aliphatic heterocycles. The zero-order valence-corrected chi connectivity index (χ0v) is 17.9. The average Bonchev–Trinajstić information content (AvgIpc) is 2.95. The molecule has 2 atom stereocenters. The number of fused-ring (bicyclic) bond motifs is 1. The molecule has 0 aromatic carbocycles. The Labute approximate surface area is 177 Å². The van der Waals surface area contributed by atoms with Gasteiger partial charge in [0.1, 0.15) is 17.3 Å². The van der Waals surface area contributed by atoms with Crippen molar-refractivity contribution in [2.75, 3.05) is 13.1 Å². The summed E-state index contributed by atoms with van der Waals surface area (Å²) >= 11 is 0. The quantitative estimate of drug-likeness (QED) is 0.226. The van der Waals surface area contributed by atoms with Gasteiger partial charge in [0, 0.05) is 29.9 Å². The summed E-state index contributed by atoms with van der Waals surface area (Å²) in [5, 5.41) is 0. The van der Waals surface area contributed by atoms with E-state index in [1.165, 1.54) is 0 Å². The molecule has 7 heteroatoms. The first-order valence-corrected chi connectivity index (χ1v) is 10.2. The molecule has 3 heterocycles. The van der Waals surface area contributed by atoms with Gasteiger partial charge in [0.25, 0.3) is 5.91 Å². The third-order valence-electron chi connectivity index (χ3n) is 5.61. The van der Waals surface area contributed by atoms with E-state index in [1.54, 1.807) is 23.2 Å². The Hall–Kier alpha value is -2.96. The lowest BCUT2D eigenvalue weighted by atomic mass is 9.97. The van der Waals surface area contributed by atoms with Crippen LogP contribution in [0.3, 0.4) is 0 Å². The van der Waals surface area contributed by atoms with E-state index >= 15 is 0 Å². The summed E-state index contributed by atoms with van der Waals surface area (Å²) in [7, 11) is 0. The highest BCUT2D eigenvalue weighted by atomic mass is 16.6. The van der Waals surface area contributed by atoms with Crippen LogP contribution in [0.5, 0.6) is 5.88 Å². The molecule has 2 unspecified atom stereocenters. The highest BCUT2D eigenvalue weighted by Gasteiger charge is 2.41. The number of esters is 1. The van der Waals surface area contributed by atoms with Gasteiger partial charge in [-0.2, -0.15) is 0 Å². The smallest absolute Gasteiger partial charge is 0.344 e. The van der Waals surface area contributed by atoms with Gasteiger partial charge < -0.3 is 19.4 Å². The highest BCUT2D eigenvalue weighted by Crippen LogP contribution is 2.39. The van der Waals surface area contributed by atoms with Crippen LogP contribution in [0, 0.1) is 0 Å². The zero-order valence-electron chi connectivity index (χ0n) is 17.9. The summed E-state index contributed by atoms with van der Waals surface area (Å²) in [6.07, 6.45) is 6.97. The minimum Gasteiger partial charge on any atom is -0.472 e. The summed E-state index contributed by atoms with van der Waals surface area (Å²) in [6, 6.07) is 1.86. The van der Waals surface area contributed by atoms with Gasteiger partial charge in [0.05, 0.1) is 6.54 Å². The fraction of sp³-hybridized carbons (Fsp3) is 0.478. The molecule has 1 aromatic heterocycles. The van der Waals surface area contributed by atoms with E-state index in [9.17, 15) is 9.59 Å². The van der Waals surface area contributed by atoms with E-state index < -0.39 is 11.6 Å². The lowest BCUT2D eigenvalue weighted by Crippen LogP contribution is -2.49. The molecule has 0 spiro atoms. The molecule has 0 saturated carbocycles. The van der Waals surface area contributed by atoms with Crippen molar-refractivity contribution in [3.8, 4) is 5.88 Å². The predicted octanol–water partition coefficient (Wildman–Crippen LogP) is 3.45. The Balaban J connectivity index is 1.77. The molecular formula is C23H29N3O4. The fourth-order valence-electron chi connectivity index (χ4n) is 3.91. The van der Waals surface area contributed by atoms with Crippen molar-refractivity contribution in [2.45, 2.75) is 57.8 Å². The maximum atomic E-state index is 13.1. The van der Waals surface area contributed by atoms with E-state index in [1.807, 2.05) is 26.8 Å². The molecule has 1 amide bonds. The summed E-state index contributed by atoms with van der Waals surface area (Å²) in [5.74, 6) is -0.240. The number of nitrogens with zero attached hydrogens (tertiary/aromatic N) is 3. The standard InChI is InChI=1S/C23H29N3O4/c1-6-16(8-7-12-24-5)21(27)26-14-17(10-9-15(26)2)29-20-19-18(11-13-25-20)23(3,4)30-22(19)28/h6,8,11,13,15,17H,1,5,7,9-10,12,14H2,2-4H3. The summed E-state index contributed by atoms with van der Waals surface area (Å²) in [4.78, 5) is 35.3. The molecule has 7 nitrogen and oxygen atoms in total. The predicted molar refractivity (Wildman–Crippen MR) is 115 cm³/mol. The molecule has 1 fully saturated rings. The third-order valence-corrected chi connectivity index (χ3v) is 5.61. The van der Waals surface area contributed by atoms with Crippen molar-refractivity contribution in [1.82, 2.24) is 9.88 Å². The zero-order chi connectivity index (χ0) is 21.9. The van der Waals surface area contributed by atoms with Gasteiger partial charge in [-0.1, -0.05) is 18.7 Å². The second-order valence-electron chi connectivity index (χ2n) is 8.16. The summed E-state index contributed by atoms with van der Waals surface area (Å²) < 4.78 is 11.6. The minimum atomic E-state index is -0.708. The van der Waals surface area contributed by atoms with Crippen molar-refractivity contribution in [3.05, 3.63) is 47.7 Å². The molecule has 0 bridgehead atoms. The van der Waals surface area contributed by atoms with Crippen LogP contribution in [-0.2, 0) is 15.1 Å². The second kappa shape index (κ2) is 8.81. The molecule has 160 valence electrons. The lowest BCUT2D eigenvalue weighted by molar-refractivity contribution is -0.132. The third kappa shape index (κ3) is 4.30. The lowest BCUT2D eigenvalue weighted by Gasteiger charge is -2.38. The molecule has 0 aliphatic carbocycles. The molecule has 1 saturated heterocycles. The molecular weight excluding hydrogens is 382 g/mol. The number of hydrogen-bond acceptors (Lipinski definition) is 6. The first kappa shape index (κ1) is 21.7. The van der Waals surface area contributed by atoms with Crippen molar-refractivity contribution in [3.63, 3.8) is 0 Å². The number of aromatic nitrogens is 1. The molecule has 30 heavy (non-hydrogen) atoms. The maximum absolute atomic E-state index is 13.1. The van der Waals surface area contributed by atoms with E-state index in [2.05, 4.69) is 23.3 Å². The number of hydrogen-bond donors (Lipinski definition) is 0. The van der Waals surface area contributed by atoms with Gasteiger partial charge in [0.15, 0.2) is 0 Å². The molecule has 0 N–H and O–H groups in total. The van der Waals surface area contributed by atoms with Crippen molar-refractivity contribution in [1.29, 1.82) is 0 Å². The van der Waals surface area contributed by atoms with Crippen LogP contribution in [0.15, 0.2) is 41.6 Å². The Morgan fingerprint density at radius 3 is 2.93 bits per heavy atom. The Morgan fingerprint density at radius 2 is 2.23 bits per heavy atom. The number of aliphatic imine (C=N–C) groups is 1. The van der Waals surface area contributed by atoms with Crippen LogP contribution in [0.2, 0.25) is 0 Å². The normalized spacial score (nSPS) is 22.8. The first-order chi connectivity index (χ1) is 14.3. The van der Waals surface area contributed by atoms with Crippen LogP contribution < -0.4 is 4.74 Å². The topological polar surface area (TPSA) is 81.1 Å². The highest BCUT2D eigenvalue weighted by molar-refractivity contribution is 5.97. The van der Waals surface area contributed by atoms with Crippen LogP contribution in [0.4, 0.5) is 0 Å². The number of cyclic esters (lactones) is 1. The van der Waals surface area contributed by atoms with Gasteiger partial charge in [-0.25, -0.2) is 9.78 Å². The fourth-order valence-corrected chi connectivity index (χ4v) is 3.91. The number of likely N-dealkylation sites (tertiary alicyclic amines) is 1. The average molecular weight is 412 g/mol. The molecule has 3 rings (SSSR count). The van der Waals surface area contributed by atoms with E-state index in [0.717, 1.165) is 18.4 Å². The molecule has 0 radical (unpaired) electrons. The molecule has 1 aromatic rings. The van der Waals surface area contributed by atoms with Crippen LogP contribution in [-0.4, -0.2) is 53.7 Å². The number of carbonyl (C=O) groups excluding carboxylic acids is 2. The van der Waals surface area contributed by atoms with E-state index in [0.29, 0.717) is 30.6 Å². The Morgan fingerprint density at radius 1 is 1.47 bits per heavy atom. The SMILES string of the molecule is C=CC(=CCCN=C)C(=O)N1CC(Oc2nccc3c2C(=O)OC3(C)C)CCC1C. The van der Waals surface area contributed by atoms with Crippen LogP contribution >= 0.6 is 0 Å². The van der Waals surface area contributed by atoms with Crippen molar-refractivity contribution >= 4 is 18.6 Å². The number of carbonyl (C=O) groups is 2. The van der Waals surface area contributed by atoms with Gasteiger partial charge in [-0.15, -0.1) is 0 Å². The number of rotatable bonds is 7. The van der Waals surface area contributed by atoms with Crippen LogP contribution in [0.1, 0.15) is 56.0 Å². The minimum absolute atomic E-state index is 0.0802. The number of ether oxygens (including phenoxy) is 2. The number of piperidine rings is 1. The Kier molecular flexibility index (Phi) is 6.39. The maximum Gasteiger partial charge on any atom is 0.344 e. The summed E-state index contributed by atoms with van der Waals surface area (Å²) in [5.41, 5.74) is 0.987. The van der Waals surface area contributed by atoms with E-state index in [4.69, 9.17) is 9.47 Å². The Bertz CT molecular complexity index is 890. The van der Waals surface area contributed by atoms with Gasteiger partial charge in [-0.3, -0.25) is 4.79 Å². The molecule has 2 aliphatic rings. The van der Waals surface area contributed by atoms with Crippen molar-refractivity contribution < 1.29 is 19.1 Å². The largest absolute Gasteiger partial charge is 0.472 e. The van der Waals surface area contributed by atoms with Crippen molar-refractivity contribution in [2.24, 2.45) is 4.99 Å². The first-order valence-electron chi connectivity index (χ1n) is 10.2. The van der Waals surface area contributed by atoms with Gasteiger partial charge >= 0.3 is 5.97 Å². The van der Waals surface area contributed by atoms with Gasteiger partial charge in [0.2, 0.25) is 5.88 Å². The van der Waals surface area contributed by atoms with E-state index in [-0.39, 0.29) is 23.9 Å². The van der Waals surface area contributed by atoms with Gasteiger partial charge in [-0.05, 0) is 52.8 Å². The summed E-state index contributed by atoms with van der Waals surface area (Å²) in [6.45, 7) is 13.9. The number of amides is 1. The van der Waals surface area contributed by atoms with Crippen LogP contribution in [0.25, 0.3) is 0 Å². The number of pyridine rings is 1. The second-order valence-corrected chi connectivity index (χ2v) is 8.16. The monoisotopic (exact) mass is 411 g/mol.